The number of benzene rings is 3. The lowest BCUT2D eigenvalue weighted by molar-refractivity contribution is -0.122. The molecule has 0 saturated carbocycles. The molecule has 1 saturated heterocycles. The first-order valence-electron chi connectivity index (χ1n) is 10.2. The van der Waals surface area contributed by atoms with E-state index >= 15 is 0 Å². The van der Waals surface area contributed by atoms with Crippen molar-refractivity contribution in [3.8, 4) is 11.5 Å². The number of barbiturate groups is 1. The number of anilines is 1. The number of imide groups is 2. The molecule has 10 heteroatoms. The Labute approximate surface area is 213 Å². The van der Waals surface area contributed by atoms with Gasteiger partial charge in [0, 0.05) is 5.02 Å². The first-order valence-corrected chi connectivity index (χ1v) is 11.4. The molecule has 1 aliphatic rings. The van der Waals surface area contributed by atoms with Crippen LogP contribution in [0.1, 0.15) is 11.1 Å². The van der Waals surface area contributed by atoms with Gasteiger partial charge in [0.25, 0.3) is 11.8 Å². The second kappa shape index (κ2) is 10.3. The molecular formula is C25H17BrClFN2O5. The van der Waals surface area contributed by atoms with Crippen LogP contribution in [0.15, 0.2) is 70.7 Å². The van der Waals surface area contributed by atoms with Crippen LogP contribution in [0.25, 0.3) is 6.08 Å². The zero-order valence-corrected chi connectivity index (χ0v) is 20.5. The van der Waals surface area contributed by atoms with E-state index in [9.17, 15) is 18.8 Å². The third-order valence-corrected chi connectivity index (χ3v) is 5.89. The summed E-state index contributed by atoms with van der Waals surface area (Å²) in [5.74, 6) is -1.44. The van der Waals surface area contributed by atoms with Crippen molar-refractivity contribution in [3.63, 3.8) is 0 Å². The minimum Gasteiger partial charge on any atom is -0.493 e. The number of methoxy groups -OCH3 is 1. The van der Waals surface area contributed by atoms with Crippen molar-refractivity contribution in [3.05, 3.63) is 92.7 Å². The molecule has 4 rings (SSSR count). The van der Waals surface area contributed by atoms with Gasteiger partial charge in [0.05, 0.1) is 17.3 Å². The van der Waals surface area contributed by atoms with E-state index in [4.69, 9.17) is 21.1 Å². The maximum atomic E-state index is 13.3. The molecule has 0 atom stereocenters. The fourth-order valence-corrected chi connectivity index (χ4v) is 4.05. The Morgan fingerprint density at radius 3 is 2.40 bits per heavy atom. The molecule has 1 aliphatic heterocycles. The Bertz CT molecular complexity index is 1340. The normalized spacial score (nSPS) is 14.8. The molecule has 0 aromatic heterocycles. The van der Waals surface area contributed by atoms with Gasteiger partial charge in [-0.15, -0.1) is 0 Å². The number of urea groups is 1. The molecule has 3 aromatic rings. The summed E-state index contributed by atoms with van der Waals surface area (Å²) in [7, 11) is 1.46. The minimum absolute atomic E-state index is 0.122. The van der Waals surface area contributed by atoms with Crippen LogP contribution in [0.4, 0.5) is 14.9 Å². The van der Waals surface area contributed by atoms with Crippen LogP contribution in [0.5, 0.6) is 11.5 Å². The summed E-state index contributed by atoms with van der Waals surface area (Å²) in [4.78, 5) is 38.6. The van der Waals surface area contributed by atoms with Crippen molar-refractivity contribution in [2.45, 2.75) is 6.61 Å². The maximum Gasteiger partial charge on any atom is 0.335 e. The maximum absolute atomic E-state index is 13.3. The van der Waals surface area contributed by atoms with Crippen molar-refractivity contribution in [1.29, 1.82) is 0 Å². The van der Waals surface area contributed by atoms with Crippen molar-refractivity contribution in [1.82, 2.24) is 5.32 Å². The summed E-state index contributed by atoms with van der Waals surface area (Å²) in [5, 5.41) is 2.74. The number of hydrogen-bond acceptors (Lipinski definition) is 5. The van der Waals surface area contributed by atoms with Gasteiger partial charge in [-0.25, -0.2) is 14.1 Å². The predicted molar refractivity (Wildman–Crippen MR) is 132 cm³/mol. The molecule has 3 aromatic carbocycles. The number of hydrogen-bond donors (Lipinski definition) is 1. The highest BCUT2D eigenvalue weighted by Gasteiger charge is 2.36. The van der Waals surface area contributed by atoms with Crippen molar-refractivity contribution < 1.29 is 28.2 Å². The average Bonchev–Trinajstić information content (AvgIpc) is 2.83. The largest absolute Gasteiger partial charge is 0.493 e. The van der Waals surface area contributed by atoms with Crippen LogP contribution in [0, 0.1) is 5.82 Å². The smallest absolute Gasteiger partial charge is 0.335 e. The molecule has 0 radical (unpaired) electrons. The van der Waals surface area contributed by atoms with Crippen LogP contribution in [-0.4, -0.2) is 25.0 Å². The lowest BCUT2D eigenvalue weighted by Gasteiger charge is -2.26. The summed E-state index contributed by atoms with van der Waals surface area (Å²) < 4.78 is 25.2. The monoisotopic (exact) mass is 558 g/mol. The van der Waals surface area contributed by atoms with Gasteiger partial charge in [-0.05, 0) is 81.7 Å². The molecule has 35 heavy (non-hydrogen) atoms. The lowest BCUT2D eigenvalue weighted by atomic mass is 10.1. The van der Waals surface area contributed by atoms with Crippen LogP contribution in [-0.2, 0) is 16.2 Å². The van der Waals surface area contributed by atoms with E-state index in [1.54, 1.807) is 24.3 Å². The Balaban J connectivity index is 1.63. The zero-order chi connectivity index (χ0) is 25.1. The first kappa shape index (κ1) is 24.4. The van der Waals surface area contributed by atoms with E-state index in [0.717, 1.165) is 22.6 Å². The SMILES string of the molecule is COc1cc(/C=C2\C(=O)NC(=O)N(c3ccc(F)cc3)C2=O)cc(Br)c1OCc1ccc(Cl)cc1. The summed E-state index contributed by atoms with van der Waals surface area (Å²) in [5.41, 5.74) is 1.18. The Morgan fingerprint density at radius 1 is 1.06 bits per heavy atom. The second-order valence-electron chi connectivity index (χ2n) is 7.38. The van der Waals surface area contributed by atoms with Gasteiger partial charge >= 0.3 is 6.03 Å². The van der Waals surface area contributed by atoms with E-state index in [0.29, 0.717) is 26.6 Å². The van der Waals surface area contributed by atoms with Crippen molar-refractivity contribution in [2.75, 3.05) is 12.0 Å². The van der Waals surface area contributed by atoms with Crippen molar-refractivity contribution >= 4 is 57.1 Å². The second-order valence-corrected chi connectivity index (χ2v) is 8.67. The molecule has 1 fully saturated rings. The number of carbonyl (C=O) groups is 3. The highest BCUT2D eigenvalue weighted by molar-refractivity contribution is 9.10. The molecule has 178 valence electrons. The van der Waals surface area contributed by atoms with Gasteiger partial charge in [-0.1, -0.05) is 23.7 Å². The molecule has 7 nitrogen and oxygen atoms in total. The van der Waals surface area contributed by atoms with Gasteiger partial charge in [-0.3, -0.25) is 14.9 Å². The number of carbonyl (C=O) groups excluding carboxylic acids is 3. The zero-order valence-electron chi connectivity index (χ0n) is 18.2. The minimum atomic E-state index is -0.923. The number of nitrogens with one attached hydrogen (secondary N) is 1. The Hall–Kier alpha value is -3.69. The number of halogens is 3. The van der Waals surface area contributed by atoms with E-state index < -0.39 is 23.7 Å². The summed E-state index contributed by atoms with van der Waals surface area (Å²) in [6.45, 7) is 0.252. The predicted octanol–water partition coefficient (Wildman–Crippen LogP) is 5.50. The van der Waals surface area contributed by atoms with Gasteiger partial charge in [0.2, 0.25) is 0 Å². The fourth-order valence-electron chi connectivity index (χ4n) is 3.35. The third-order valence-electron chi connectivity index (χ3n) is 5.05. The highest BCUT2D eigenvalue weighted by Crippen LogP contribution is 2.38. The topological polar surface area (TPSA) is 84.9 Å². The quantitative estimate of drug-likeness (QED) is 0.319. The fraction of sp³-hybridized carbons (Fsp3) is 0.0800. The van der Waals surface area contributed by atoms with Crippen LogP contribution in [0.2, 0.25) is 5.02 Å². The Morgan fingerprint density at radius 2 is 1.74 bits per heavy atom. The van der Waals surface area contributed by atoms with E-state index in [-0.39, 0.29) is 17.9 Å². The van der Waals surface area contributed by atoms with Crippen LogP contribution in [0.3, 0.4) is 0 Å². The van der Waals surface area contributed by atoms with Gasteiger partial charge < -0.3 is 9.47 Å². The number of rotatable bonds is 6. The summed E-state index contributed by atoms with van der Waals surface area (Å²) in [6, 6.07) is 14.3. The molecule has 0 unspecified atom stereocenters. The number of amides is 4. The van der Waals surface area contributed by atoms with E-state index in [2.05, 4.69) is 21.2 Å². The average molecular weight is 560 g/mol. The molecule has 0 aliphatic carbocycles. The van der Waals surface area contributed by atoms with Gasteiger partial charge in [-0.2, -0.15) is 0 Å². The molecular weight excluding hydrogens is 543 g/mol. The van der Waals surface area contributed by atoms with Gasteiger partial charge in [0.15, 0.2) is 11.5 Å². The Kier molecular flexibility index (Phi) is 7.18. The standard InChI is InChI=1S/C25H17BrClFN2O5/c1-34-21-12-15(11-20(26)22(21)35-13-14-2-4-16(27)5-3-14)10-19-23(31)29-25(33)30(24(19)32)18-8-6-17(28)7-9-18/h2-12H,13H2,1H3,(H,29,31,33)/b19-10+. The van der Waals surface area contributed by atoms with Gasteiger partial charge in [0.1, 0.15) is 18.0 Å². The molecule has 1 heterocycles. The number of nitrogens with zero attached hydrogens (tertiary/aromatic N) is 1. The van der Waals surface area contributed by atoms with E-state index in [1.807, 2.05) is 12.1 Å². The molecule has 0 spiro atoms. The third kappa shape index (κ3) is 5.36. The first-order chi connectivity index (χ1) is 16.8. The highest BCUT2D eigenvalue weighted by atomic mass is 79.9. The van der Waals surface area contributed by atoms with Crippen LogP contribution >= 0.6 is 27.5 Å². The summed E-state index contributed by atoms with van der Waals surface area (Å²) >= 11 is 9.36. The molecule has 1 N–H and O–H groups in total. The molecule has 0 bridgehead atoms. The van der Waals surface area contributed by atoms with Crippen LogP contribution < -0.4 is 19.7 Å². The number of ether oxygens (including phenoxy) is 2. The summed E-state index contributed by atoms with van der Waals surface area (Å²) in [6.07, 6.45) is 1.33. The van der Waals surface area contributed by atoms with E-state index in [1.165, 1.54) is 25.3 Å². The lowest BCUT2D eigenvalue weighted by Crippen LogP contribution is -2.54. The van der Waals surface area contributed by atoms with Crippen molar-refractivity contribution in [2.24, 2.45) is 0 Å². The molecule has 4 amide bonds.